The highest BCUT2D eigenvalue weighted by atomic mass is 16.5. The van der Waals surface area contributed by atoms with Crippen LogP contribution in [0.1, 0.15) is 18.1 Å². The minimum atomic E-state index is -0.946. The van der Waals surface area contributed by atoms with Gasteiger partial charge in [0.25, 0.3) is 0 Å². The molecule has 0 fully saturated rings. The van der Waals surface area contributed by atoms with Crippen molar-refractivity contribution in [1.82, 2.24) is 4.90 Å². The Morgan fingerprint density at radius 1 is 1.11 bits per heavy atom. The zero-order valence-electron chi connectivity index (χ0n) is 15.5. The third-order valence-electron chi connectivity index (χ3n) is 4.75. The molecule has 1 heterocycles. The van der Waals surface area contributed by atoms with Gasteiger partial charge < -0.3 is 19.1 Å². The quantitative estimate of drug-likeness (QED) is 0.731. The van der Waals surface area contributed by atoms with Gasteiger partial charge >= 0.3 is 5.97 Å². The molecule has 1 aromatic carbocycles. The number of fused-ring (bicyclic) bond motifs is 2. The first kappa shape index (κ1) is 18.7. The van der Waals surface area contributed by atoms with Crippen molar-refractivity contribution in [3.63, 3.8) is 0 Å². The number of hydrogen-bond acceptors (Lipinski definition) is 6. The van der Waals surface area contributed by atoms with E-state index < -0.39 is 11.5 Å². The standard InChI is InChI=1S/C20H21NO6/c1-13(22)27-9-8-21-19(24)11-14-10-17(25-2)18(26-3)12-16(14)20(21)6-4-15(23)5-7-20/h4-7,10,12H,8-9,11H2,1-3H3. The van der Waals surface area contributed by atoms with Gasteiger partial charge in [-0.3, -0.25) is 14.4 Å². The maximum absolute atomic E-state index is 12.9. The highest BCUT2D eigenvalue weighted by Crippen LogP contribution is 2.44. The number of carbonyl (C=O) groups excluding carboxylic acids is 3. The fourth-order valence-electron chi connectivity index (χ4n) is 3.53. The van der Waals surface area contributed by atoms with E-state index in [1.807, 2.05) is 6.07 Å². The summed E-state index contributed by atoms with van der Waals surface area (Å²) in [6, 6.07) is 3.61. The average Bonchev–Trinajstić information content (AvgIpc) is 2.65. The van der Waals surface area contributed by atoms with Gasteiger partial charge in [-0.05, 0) is 47.6 Å². The van der Waals surface area contributed by atoms with Crippen LogP contribution in [0.4, 0.5) is 0 Å². The summed E-state index contributed by atoms with van der Waals surface area (Å²) in [5, 5.41) is 0. The number of allylic oxidation sites excluding steroid dienone is 2. The third kappa shape index (κ3) is 3.32. The van der Waals surface area contributed by atoms with E-state index in [9.17, 15) is 14.4 Å². The lowest BCUT2D eigenvalue weighted by Gasteiger charge is -2.45. The molecule has 1 amide bonds. The Labute approximate surface area is 157 Å². The number of nitrogens with zero attached hydrogens (tertiary/aromatic N) is 1. The molecule has 7 nitrogen and oxygen atoms in total. The normalized spacial score (nSPS) is 17.1. The summed E-state index contributed by atoms with van der Waals surface area (Å²) in [6.07, 6.45) is 6.46. The van der Waals surface area contributed by atoms with E-state index in [1.165, 1.54) is 26.2 Å². The Balaban J connectivity index is 2.11. The molecule has 2 aliphatic rings. The summed E-state index contributed by atoms with van der Waals surface area (Å²) in [6.45, 7) is 1.59. The summed E-state index contributed by atoms with van der Waals surface area (Å²) >= 11 is 0. The van der Waals surface area contributed by atoms with Crippen LogP contribution in [0.25, 0.3) is 0 Å². The van der Waals surface area contributed by atoms with Crippen molar-refractivity contribution in [2.75, 3.05) is 27.4 Å². The Morgan fingerprint density at radius 3 is 2.33 bits per heavy atom. The maximum Gasteiger partial charge on any atom is 0.302 e. The van der Waals surface area contributed by atoms with E-state index in [0.717, 1.165) is 11.1 Å². The molecule has 0 atom stereocenters. The molecule has 3 rings (SSSR count). The smallest absolute Gasteiger partial charge is 0.302 e. The predicted octanol–water partition coefficient (Wildman–Crippen LogP) is 1.54. The molecule has 142 valence electrons. The zero-order chi connectivity index (χ0) is 19.6. The molecule has 1 aromatic rings. The maximum atomic E-state index is 12.9. The van der Waals surface area contributed by atoms with E-state index in [1.54, 1.807) is 30.2 Å². The average molecular weight is 371 g/mol. The van der Waals surface area contributed by atoms with Crippen LogP contribution in [0.3, 0.4) is 0 Å². The van der Waals surface area contributed by atoms with Crippen LogP contribution in [0.2, 0.25) is 0 Å². The molecule has 0 aromatic heterocycles. The topological polar surface area (TPSA) is 82.1 Å². The molecule has 0 N–H and O–H groups in total. The molecule has 1 aliphatic heterocycles. The molecule has 7 heteroatoms. The Kier molecular flexibility index (Phi) is 5.03. The molecule has 0 unspecified atom stereocenters. The number of benzene rings is 1. The van der Waals surface area contributed by atoms with Crippen LogP contribution in [-0.2, 0) is 31.1 Å². The van der Waals surface area contributed by atoms with Gasteiger partial charge in [-0.15, -0.1) is 0 Å². The first-order valence-electron chi connectivity index (χ1n) is 8.53. The molecule has 1 aliphatic carbocycles. The number of rotatable bonds is 5. The van der Waals surface area contributed by atoms with Crippen LogP contribution in [-0.4, -0.2) is 49.9 Å². The summed E-state index contributed by atoms with van der Waals surface area (Å²) < 4.78 is 15.8. The number of ketones is 1. The van der Waals surface area contributed by atoms with Crippen LogP contribution in [0.15, 0.2) is 36.4 Å². The van der Waals surface area contributed by atoms with Gasteiger partial charge in [0.1, 0.15) is 12.1 Å². The second-order valence-electron chi connectivity index (χ2n) is 6.32. The van der Waals surface area contributed by atoms with E-state index in [-0.39, 0.29) is 31.3 Å². The van der Waals surface area contributed by atoms with Gasteiger partial charge in [0.2, 0.25) is 5.91 Å². The highest BCUT2D eigenvalue weighted by Gasteiger charge is 2.44. The highest BCUT2D eigenvalue weighted by molar-refractivity contribution is 6.01. The molecule has 1 spiro atoms. The van der Waals surface area contributed by atoms with Gasteiger partial charge in [0.15, 0.2) is 17.3 Å². The molecule has 0 bridgehead atoms. The molecule has 0 radical (unpaired) electrons. The number of carbonyl (C=O) groups is 3. The molecule has 27 heavy (non-hydrogen) atoms. The van der Waals surface area contributed by atoms with Crippen molar-refractivity contribution in [1.29, 1.82) is 0 Å². The van der Waals surface area contributed by atoms with Crippen LogP contribution < -0.4 is 9.47 Å². The predicted molar refractivity (Wildman–Crippen MR) is 96.6 cm³/mol. The first-order chi connectivity index (χ1) is 12.9. The SMILES string of the molecule is COc1cc2c(cc1OC)C1(C=CC(=O)C=C1)N(CCOC(C)=O)C(=O)C2. The summed E-state index contributed by atoms with van der Waals surface area (Å²) in [7, 11) is 3.08. The number of esters is 1. The van der Waals surface area contributed by atoms with E-state index in [2.05, 4.69) is 0 Å². The lowest BCUT2D eigenvalue weighted by atomic mass is 9.77. The number of hydrogen-bond donors (Lipinski definition) is 0. The van der Waals surface area contributed by atoms with Crippen molar-refractivity contribution in [3.05, 3.63) is 47.6 Å². The van der Waals surface area contributed by atoms with Crippen LogP contribution in [0.5, 0.6) is 11.5 Å². The largest absolute Gasteiger partial charge is 0.493 e. The lowest BCUT2D eigenvalue weighted by Crippen LogP contribution is -2.53. The third-order valence-corrected chi connectivity index (χ3v) is 4.75. The van der Waals surface area contributed by atoms with E-state index in [4.69, 9.17) is 14.2 Å². The lowest BCUT2D eigenvalue weighted by molar-refractivity contribution is -0.145. The first-order valence-corrected chi connectivity index (χ1v) is 8.53. The molecule has 0 saturated carbocycles. The van der Waals surface area contributed by atoms with Crippen molar-refractivity contribution >= 4 is 17.7 Å². The zero-order valence-corrected chi connectivity index (χ0v) is 15.5. The van der Waals surface area contributed by atoms with Gasteiger partial charge in [-0.1, -0.05) is 0 Å². The Hall–Kier alpha value is -3.09. The Bertz CT molecular complexity index is 838. The van der Waals surface area contributed by atoms with Gasteiger partial charge in [0, 0.05) is 6.92 Å². The Morgan fingerprint density at radius 2 is 1.74 bits per heavy atom. The van der Waals surface area contributed by atoms with E-state index in [0.29, 0.717) is 11.5 Å². The van der Waals surface area contributed by atoms with Crippen molar-refractivity contribution in [2.24, 2.45) is 0 Å². The number of methoxy groups -OCH3 is 2. The van der Waals surface area contributed by atoms with Gasteiger partial charge in [0.05, 0.1) is 27.2 Å². The van der Waals surface area contributed by atoms with E-state index >= 15 is 0 Å². The monoisotopic (exact) mass is 371 g/mol. The fourth-order valence-corrected chi connectivity index (χ4v) is 3.53. The minimum absolute atomic E-state index is 0.0705. The number of amides is 1. The van der Waals surface area contributed by atoms with Crippen molar-refractivity contribution < 1.29 is 28.6 Å². The second kappa shape index (κ2) is 7.26. The summed E-state index contributed by atoms with van der Waals surface area (Å²) in [4.78, 5) is 37.3. The van der Waals surface area contributed by atoms with Gasteiger partial charge in [-0.25, -0.2) is 0 Å². The molecule has 0 saturated heterocycles. The molecular weight excluding hydrogens is 350 g/mol. The summed E-state index contributed by atoms with van der Waals surface area (Å²) in [5.74, 6) is 0.368. The number of ether oxygens (including phenoxy) is 3. The van der Waals surface area contributed by atoms with Crippen molar-refractivity contribution in [3.8, 4) is 11.5 Å². The summed E-state index contributed by atoms with van der Waals surface area (Å²) in [5.41, 5.74) is 0.672. The fraction of sp³-hybridized carbons (Fsp3) is 0.350. The van der Waals surface area contributed by atoms with Crippen LogP contribution in [0, 0.1) is 0 Å². The second-order valence-corrected chi connectivity index (χ2v) is 6.32. The van der Waals surface area contributed by atoms with Gasteiger partial charge in [-0.2, -0.15) is 0 Å². The van der Waals surface area contributed by atoms with Crippen molar-refractivity contribution in [2.45, 2.75) is 18.9 Å². The van der Waals surface area contributed by atoms with Crippen LogP contribution >= 0.6 is 0 Å². The minimum Gasteiger partial charge on any atom is -0.493 e. The molecular formula is C20H21NO6.